The van der Waals surface area contributed by atoms with E-state index in [2.05, 4.69) is 10.4 Å². The lowest BCUT2D eigenvalue weighted by atomic mass is 10.0. The fraction of sp³-hybridized carbons (Fsp3) is 0.304. The number of ether oxygens (including phenoxy) is 1. The zero-order chi connectivity index (χ0) is 23.8. The summed E-state index contributed by atoms with van der Waals surface area (Å²) < 4.78 is 45.8. The van der Waals surface area contributed by atoms with Crippen LogP contribution in [0.25, 0.3) is 5.69 Å². The first-order chi connectivity index (χ1) is 15.6. The van der Waals surface area contributed by atoms with E-state index in [9.17, 15) is 18.0 Å². The average Bonchev–Trinajstić information content (AvgIpc) is 3.47. The lowest BCUT2D eigenvalue weighted by Crippen LogP contribution is -2.37. The van der Waals surface area contributed by atoms with E-state index in [1.807, 2.05) is 19.1 Å². The summed E-state index contributed by atoms with van der Waals surface area (Å²) in [6, 6.07) is 11.3. The summed E-state index contributed by atoms with van der Waals surface area (Å²) in [5.41, 5.74) is 2.92. The number of carbonyl (C=O) groups excluding carboxylic acids is 1. The van der Waals surface area contributed by atoms with Crippen molar-refractivity contribution in [3.05, 3.63) is 71.0 Å². The number of nitrogens with one attached hydrogen (secondary N) is 1. The summed E-state index contributed by atoms with van der Waals surface area (Å²) in [7, 11) is 1.46. The molecule has 7 nitrogen and oxygen atoms in total. The Hall–Kier alpha value is -3.53. The minimum Gasteiger partial charge on any atom is -0.489 e. The predicted octanol–water partition coefficient (Wildman–Crippen LogP) is 4.99. The zero-order valence-electron chi connectivity index (χ0n) is 18.2. The third kappa shape index (κ3) is 5.11. The maximum absolute atomic E-state index is 12.8. The van der Waals surface area contributed by atoms with Crippen molar-refractivity contribution in [2.75, 3.05) is 12.4 Å². The summed E-state index contributed by atoms with van der Waals surface area (Å²) in [6.07, 6.45) is -1.06. The molecule has 33 heavy (non-hydrogen) atoms. The van der Waals surface area contributed by atoms with Crippen molar-refractivity contribution in [2.45, 2.75) is 38.5 Å². The molecule has 1 aliphatic rings. The van der Waals surface area contributed by atoms with Gasteiger partial charge in [0.1, 0.15) is 12.4 Å². The number of amides is 2. The number of aromatic nitrogens is 2. The quantitative estimate of drug-likeness (QED) is 0.309. The molecule has 0 aliphatic heterocycles. The number of nitrogens with two attached hydrogens (primary N) is 1. The highest BCUT2D eigenvalue weighted by molar-refractivity contribution is 5.89. The molecule has 1 saturated carbocycles. The Bertz CT molecular complexity index is 1170. The van der Waals surface area contributed by atoms with Gasteiger partial charge in [-0.25, -0.2) is 15.3 Å². The van der Waals surface area contributed by atoms with Gasteiger partial charge >= 0.3 is 12.2 Å². The van der Waals surface area contributed by atoms with E-state index < -0.39 is 17.9 Å². The number of hydrogen-bond donors (Lipinski definition) is 2. The molecule has 0 bridgehead atoms. The van der Waals surface area contributed by atoms with Gasteiger partial charge in [-0.05, 0) is 67.1 Å². The van der Waals surface area contributed by atoms with Crippen molar-refractivity contribution in [1.29, 1.82) is 0 Å². The fourth-order valence-corrected chi connectivity index (χ4v) is 3.57. The van der Waals surface area contributed by atoms with Crippen LogP contribution in [0.4, 0.5) is 23.7 Å². The lowest BCUT2D eigenvalue weighted by Gasteiger charge is -2.19. The number of aryl methyl sites for hydroxylation is 1. The summed E-state index contributed by atoms with van der Waals surface area (Å²) in [5, 5.41) is 7.38. The molecule has 174 valence electrons. The van der Waals surface area contributed by atoms with Crippen LogP contribution in [-0.2, 0) is 12.8 Å². The third-order valence-corrected chi connectivity index (χ3v) is 5.47. The molecule has 10 heteroatoms. The van der Waals surface area contributed by atoms with Crippen LogP contribution in [-0.4, -0.2) is 27.9 Å². The highest BCUT2D eigenvalue weighted by atomic mass is 19.4. The van der Waals surface area contributed by atoms with E-state index in [4.69, 9.17) is 10.6 Å². The van der Waals surface area contributed by atoms with Gasteiger partial charge in [-0.1, -0.05) is 12.1 Å². The normalized spacial score (nSPS) is 13.6. The van der Waals surface area contributed by atoms with Gasteiger partial charge in [0, 0.05) is 24.5 Å². The fourth-order valence-electron chi connectivity index (χ4n) is 3.57. The molecule has 1 aliphatic carbocycles. The van der Waals surface area contributed by atoms with Crippen LogP contribution in [0.15, 0.2) is 48.7 Å². The summed E-state index contributed by atoms with van der Waals surface area (Å²) in [5.74, 6) is 6.55. The van der Waals surface area contributed by atoms with Gasteiger partial charge in [-0.2, -0.15) is 18.3 Å². The van der Waals surface area contributed by atoms with Crippen LogP contribution < -0.4 is 15.9 Å². The highest BCUT2D eigenvalue weighted by Gasteiger charge is 2.33. The second kappa shape index (κ2) is 8.78. The first-order valence-electron chi connectivity index (χ1n) is 10.4. The minimum absolute atomic E-state index is 0.219. The number of alkyl halides is 3. The van der Waals surface area contributed by atoms with Crippen LogP contribution in [0.3, 0.4) is 0 Å². The van der Waals surface area contributed by atoms with Gasteiger partial charge in [-0.3, -0.25) is 5.01 Å². The molecule has 4 rings (SSSR count). The summed E-state index contributed by atoms with van der Waals surface area (Å²) in [6.45, 7) is 2.03. The van der Waals surface area contributed by atoms with Crippen molar-refractivity contribution >= 4 is 11.7 Å². The predicted molar refractivity (Wildman–Crippen MR) is 117 cm³/mol. The molecule has 2 amide bonds. The van der Waals surface area contributed by atoms with Crippen LogP contribution in [0.5, 0.6) is 5.75 Å². The molecule has 3 N–H and O–H groups in total. The average molecular weight is 459 g/mol. The van der Waals surface area contributed by atoms with Gasteiger partial charge in [0.05, 0.1) is 5.69 Å². The molecule has 3 aromatic rings. The van der Waals surface area contributed by atoms with Gasteiger partial charge < -0.3 is 10.1 Å². The molecule has 0 atom stereocenters. The number of benzene rings is 2. The van der Waals surface area contributed by atoms with Gasteiger partial charge in [0.2, 0.25) is 0 Å². The first kappa shape index (κ1) is 22.7. The monoisotopic (exact) mass is 459 g/mol. The third-order valence-electron chi connectivity index (χ3n) is 5.47. The molecule has 0 radical (unpaired) electrons. The SMILES string of the molecule is Cc1cc(-n2ccc(C(F)(F)F)n2)ccc1OCc1c(NC(=O)N(C)N)cccc1C1CC1. The number of carbonyl (C=O) groups is 1. The summed E-state index contributed by atoms with van der Waals surface area (Å²) in [4.78, 5) is 12.1. The Morgan fingerprint density at radius 1 is 1.27 bits per heavy atom. The number of nitrogens with zero attached hydrogens (tertiary/aromatic N) is 3. The topological polar surface area (TPSA) is 85.4 Å². The second-order valence-electron chi connectivity index (χ2n) is 8.07. The Kier molecular flexibility index (Phi) is 6.03. The van der Waals surface area contributed by atoms with Crippen molar-refractivity contribution < 1.29 is 22.7 Å². The molecule has 1 aromatic heterocycles. The van der Waals surface area contributed by atoms with Crippen LogP contribution in [0.1, 0.15) is 41.1 Å². The maximum Gasteiger partial charge on any atom is 0.435 e. The number of halogens is 3. The van der Waals surface area contributed by atoms with Gasteiger partial charge in [0.15, 0.2) is 5.69 Å². The van der Waals surface area contributed by atoms with E-state index in [-0.39, 0.29) is 6.61 Å². The minimum atomic E-state index is -4.50. The number of rotatable bonds is 6. The lowest BCUT2D eigenvalue weighted by molar-refractivity contribution is -0.141. The molecule has 0 unspecified atom stereocenters. The van der Waals surface area contributed by atoms with E-state index in [0.29, 0.717) is 23.0 Å². The number of hydrogen-bond acceptors (Lipinski definition) is 4. The molecule has 1 heterocycles. The van der Waals surface area contributed by atoms with Gasteiger partial charge in [0.25, 0.3) is 0 Å². The summed E-state index contributed by atoms with van der Waals surface area (Å²) >= 11 is 0. The second-order valence-corrected chi connectivity index (χ2v) is 8.07. The van der Waals surface area contributed by atoms with Crippen LogP contribution in [0.2, 0.25) is 0 Å². The smallest absolute Gasteiger partial charge is 0.435 e. The Balaban J connectivity index is 1.55. The number of urea groups is 1. The molecule has 0 spiro atoms. The van der Waals surface area contributed by atoms with E-state index in [0.717, 1.165) is 40.6 Å². The largest absolute Gasteiger partial charge is 0.489 e. The van der Waals surface area contributed by atoms with E-state index in [1.54, 1.807) is 24.3 Å². The molecular formula is C23H24F3N5O2. The molecule has 2 aromatic carbocycles. The Morgan fingerprint density at radius 2 is 2.03 bits per heavy atom. The number of hydrazine groups is 1. The molecular weight excluding hydrogens is 435 g/mol. The van der Waals surface area contributed by atoms with E-state index >= 15 is 0 Å². The Labute approximate surface area is 188 Å². The van der Waals surface area contributed by atoms with Crippen molar-refractivity contribution in [1.82, 2.24) is 14.8 Å². The van der Waals surface area contributed by atoms with Crippen molar-refractivity contribution in [3.63, 3.8) is 0 Å². The van der Waals surface area contributed by atoms with E-state index in [1.165, 1.54) is 17.9 Å². The van der Waals surface area contributed by atoms with Crippen LogP contribution in [0, 0.1) is 6.92 Å². The highest BCUT2D eigenvalue weighted by Crippen LogP contribution is 2.43. The zero-order valence-corrected chi connectivity index (χ0v) is 18.2. The van der Waals surface area contributed by atoms with Crippen LogP contribution >= 0.6 is 0 Å². The standard InChI is InChI=1S/C23H24F3N5O2/c1-14-12-16(31-11-10-21(29-31)23(24,25)26)8-9-20(14)33-13-18-17(15-6-7-15)4-3-5-19(18)28-22(32)30(2)27/h3-5,8-12,15H,6-7,13,27H2,1-2H3,(H,28,32). The first-order valence-corrected chi connectivity index (χ1v) is 10.4. The Morgan fingerprint density at radius 3 is 2.64 bits per heavy atom. The molecule has 0 saturated heterocycles. The van der Waals surface area contributed by atoms with Gasteiger partial charge in [-0.15, -0.1) is 0 Å². The maximum atomic E-state index is 12.8. The van der Waals surface area contributed by atoms with Crippen molar-refractivity contribution in [3.8, 4) is 11.4 Å². The number of anilines is 1. The molecule has 1 fully saturated rings. The van der Waals surface area contributed by atoms with Crippen molar-refractivity contribution in [2.24, 2.45) is 5.84 Å².